The summed E-state index contributed by atoms with van der Waals surface area (Å²) in [5.41, 5.74) is 6.65. The zero-order chi connectivity index (χ0) is 11.7. The smallest absolute Gasteiger partial charge is 0.163 e. The number of hydrogen-bond donors (Lipinski definition) is 1. The topological polar surface area (TPSA) is 39.2 Å². The fraction of sp³-hybridized carbons (Fsp3) is 0.167. The van der Waals surface area contributed by atoms with Crippen LogP contribution in [0.1, 0.15) is 22.9 Å². The molecule has 0 amide bonds. The van der Waals surface area contributed by atoms with Crippen LogP contribution in [0.5, 0.6) is 0 Å². The average Bonchev–Trinajstić information content (AvgIpc) is 2.68. The first-order valence-electron chi connectivity index (χ1n) is 4.84. The maximum Gasteiger partial charge on any atom is 0.163 e. The molecule has 1 aromatic carbocycles. The molecule has 2 aromatic rings. The van der Waals surface area contributed by atoms with E-state index in [0.29, 0.717) is 11.3 Å². The third-order valence-electron chi connectivity index (χ3n) is 2.55. The normalized spacial score (nSPS) is 12.8. The van der Waals surface area contributed by atoms with Crippen molar-refractivity contribution in [1.82, 2.24) is 0 Å². The zero-order valence-electron chi connectivity index (χ0n) is 8.71. The largest absolute Gasteiger partial charge is 0.469 e. The molecule has 0 bridgehead atoms. The minimum atomic E-state index is -0.907. The van der Waals surface area contributed by atoms with E-state index in [1.54, 1.807) is 13.0 Å². The average molecular weight is 223 g/mol. The Kier molecular flexibility index (Phi) is 2.75. The monoisotopic (exact) mass is 223 g/mol. The van der Waals surface area contributed by atoms with Gasteiger partial charge in [-0.15, -0.1) is 0 Å². The predicted molar refractivity (Wildman–Crippen MR) is 55.8 cm³/mol. The number of hydrogen-bond acceptors (Lipinski definition) is 2. The summed E-state index contributed by atoms with van der Waals surface area (Å²) in [4.78, 5) is 0. The highest BCUT2D eigenvalue weighted by Crippen LogP contribution is 2.26. The molecule has 0 aliphatic rings. The Morgan fingerprint density at radius 2 is 1.94 bits per heavy atom. The van der Waals surface area contributed by atoms with Crippen LogP contribution in [0.4, 0.5) is 8.78 Å². The van der Waals surface area contributed by atoms with Gasteiger partial charge in [-0.3, -0.25) is 0 Å². The molecule has 84 valence electrons. The molecular weight excluding hydrogens is 212 g/mol. The second-order valence-corrected chi connectivity index (χ2v) is 3.55. The third kappa shape index (κ3) is 1.72. The molecule has 2 N–H and O–H groups in total. The van der Waals surface area contributed by atoms with Gasteiger partial charge < -0.3 is 10.2 Å². The van der Waals surface area contributed by atoms with Crippen LogP contribution in [0.3, 0.4) is 0 Å². The van der Waals surface area contributed by atoms with Crippen LogP contribution in [0.25, 0.3) is 0 Å². The van der Waals surface area contributed by atoms with E-state index in [-0.39, 0.29) is 5.56 Å². The lowest BCUT2D eigenvalue weighted by molar-refractivity contribution is 0.492. The lowest BCUT2D eigenvalue weighted by Gasteiger charge is -2.12. The molecule has 0 saturated heterocycles. The van der Waals surface area contributed by atoms with Crippen molar-refractivity contribution < 1.29 is 13.2 Å². The number of furan rings is 1. The van der Waals surface area contributed by atoms with Gasteiger partial charge in [-0.25, -0.2) is 8.78 Å². The van der Waals surface area contributed by atoms with Gasteiger partial charge in [0.15, 0.2) is 11.6 Å². The van der Waals surface area contributed by atoms with Gasteiger partial charge in [-0.1, -0.05) is 12.1 Å². The van der Waals surface area contributed by atoms with Crippen LogP contribution >= 0.6 is 0 Å². The van der Waals surface area contributed by atoms with E-state index in [2.05, 4.69) is 0 Å². The Morgan fingerprint density at radius 1 is 1.19 bits per heavy atom. The Labute approximate surface area is 91.7 Å². The summed E-state index contributed by atoms with van der Waals surface area (Å²) in [6, 6.07) is 4.91. The van der Waals surface area contributed by atoms with E-state index in [9.17, 15) is 8.78 Å². The van der Waals surface area contributed by atoms with Gasteiger partial charge in [0, 0.05) is 11.1 Å². The predicted octanol–water partition coefficient (Wildman–Crippen LogP) is 2.91. The summed E-state index contributed by atoms with van der Waals surface area (Å²) in [5.74, 6) is -1.19. The quantitative estimate of drug-likeness (QED) is 0.850. The van der Waals surface area contributed by atoms with E-state index < -0.39 is 17.7 Å². The summed E-state index contributed by atoms with van der Waals surface area (Å²) in [6.07, 6.45) is 1.47. The van der Waals surface area contributed by atoms with E-state index in [4.69, 9.17) is 10.2 Å². The van der Waals surface area contributed by atoms with Crippen molar-refractivity contribution in [2.75, 3.05) is 0 Å². The Hall–Kier alpha value is -1.68. The van der Waals surface area contributed by atoms with Gasteiger partial charge in [-0.2, -0.15) is 0 Å². The molecule has 1 heterocycles. The van der Waals surface area contributed by atoms with E-state index in [0.717, 1.165) is 6.07 Å². The second kappa shape index (κ2) is 4.06. The van der Waals surface area contributed by atoms with Crippen molar-refractivity contribution in [2.24, 2.45) is 5.73 Å². The van der Waals surface area contributed by atoms with Crippen molar-refractivity contribution in [3.8, 4) is 0 Å². The molecule has 0 spiro atoms. The summed E-state index contributed by atoms with van der Waals surface area (Å²) in [6.45, 7) is 1.73. The molecule has 1 atom stereocenters. The molecule has 0 aliphatic carbocycles. The third-order valence-corrected chi connectivity index (χ3v) is 2.55. The molecule has 0 aliphatic heterocycles. The standard InChI is InChI=1S/C12H11F2NO/c1-7-8(5-6-16-7)12(15)9-3-2-4-10(13)11(9)14/h2-6,12H,15H2,1H3. The van der Waals surface area contributed by atoms with Gasteiger partial charge in [-0.05, 0) is 19.1 Å². The summed E-state index contributed by atoms with van der Waals surface area (Å²) < 4.78 is 31.6. The van der Waals surface area contributed by atoms with Crippen LogP contribution in [0, 0.1) is 18.6 Å². The molecule has 1 aromatic heterocycles. The highest BCUT2D eigenvalue weighted by molar-refractivity contribution is 5.33. The maximum absolute atomic E-state index is 13.5. The number of halogens is 2. The maximum atomic E-state index is 13.5. The van der Waals surface area contributed by atoms with Crippen LogP contribution < -0.4 is 5.73 Å². The lowest BCUT2D eigenvalue weighted by atomic mass is 9.99. The molecule has 0 saturated carbocycles. The molecule has 0 fully saturated rings. The molecule has 2 rings (SSSR count). The minimum absolute atomic E-state index is 0.129. The molecular formula is C12H11F2NO. The van der Waals surface area contributed by atoms with Crippen molar-refractivity contribution in [2.45, 2.75) is 13.0 Å². The lowest BCUT2D eigenvalue weighted by Crippen LogP contribution is -2.14. The number of rotatable bonds is 2. The van der Waals surface area contributed by atoms with Crippen LogP contribution in [0.2, 0.25) is 0 Å². The fourth-order valence-corrected chi connectivity index (χ4v) is 1.65. The Balaban J connectivity index is 2.46. The van der Waals surface area contributed by atoms with Crippen LogP contribution in [-0.2, 0) is 0 Å². The van der Waals surface area contributed by atoms with Crippen molar-refractivity contribution in [3.63, 3.8) is 0 Å². The number of nitrogens with two attached hydrogens (primary N) is 1. The Bertz CT molecular complexity index is 507. The molecule has 16 heavy (non-hydrogen) atoms. The van der Waals surface area contributed by atoms with Crippen LogP contribution in [0.15, 0.2) is 34.9 Å². The fourth-order valence-electron chi connectivity index (χ4n) is 1.65. The minimum Gasteiger partial charge on any atom is -0.469 e. The van der Waals surface area contributed by atoms with Crippen molar-refractivity contribution in [3.05, 3.63) is 59.1 Å². The molecule has 2 nitrogen and oxygen atoms in total. The molecule has 4 heteroatoms. The van der Waals surface area contributed by atoms with E-state index in [1.165, 1.54) is 18.4 Å². The van der Waals surface area contributed by atoms with Crippen molar-refractivity contribution in [1.29, 1.82) is 0 Å². The number of aryl methyl sites for hydroxylation is 1. The van der Waals surface area contributed by atoms with Gasteiger partial charge >= 0.3 is 0 Å². The SMILES string of the molecule is Cc1occc1C(N)c1cccc(F)c1F. The summed E-state index contributed by atoms with van der Waals surface area (Å²) in [7, 11) is 0. The number of benzene rings is 1. The highest BCUT2D eigenvalue weighted by Gasteiger charge is 2.18. The first kappa shape index (κ1) is 10.8. The van der Waals surface area contributed by atoms with E-state index >= 15 is 0 Å². The van der Waals surface area contributed by atoms with Gasteiger partial charge in [0.1, 0.15) is 5.76 Å². The first-order chi connectivity index (χ1) is 7.61. The van der Waals surface area contributed by atoms with E-state index in [1.807, 2.05) is 0 Å². The Morgan fingerprint density at radius 3 is 2.56 bits per heavy atom. The first-order valence-corrected chi connectivity index (χ1v) is 4.84. The van der Waals surface area contributed by atoms with Gasteiger partial charge in [0.2, 0.25) is 0 Å². The highest BCUT2D eigenvalue weighted by atomic mass is 19.2. The van der Waals surface area contributed by atoms with Crippen LogP contribution in [-0.4, -0.2) is 0 Å². The zero-order valence-corrected chi connectivity index (χ0v) is 8.71. The van der Waals surface area contributed by atoms with Gasteiger partial charge in [0.05, 0.1) is 12.3 Å². The van der Waals surface area contributed by atoms with Gasteiger partial charge in [0.25, 0.3) is 0 Å². The molecule has 1 unspecified atom stereocenters. The molecule has 0 radical (unpaired) electrons. The summed E-state index contributed by atoms with van der Waals surface area (Å²) in [5, 5.41) is 0. The summed E-state index contributed by atoms with van der Waals surface area (Å²) >= 11 is 0. The second-order valence-electron chi connectivity index (χ2n) is 3.55. The van der Waals surface area contributed by atoms with Crippen molar-refractivity contribution >= 4 is 0 Å².